The lowest BCUT2D eigenvalue weighted by molar-refractivity contribution is -0.0508. The van der Waals surface area contributed by atoms with Crippen LogP contribution in [0.5, 0.6) is 5.75 Å². The average Bonchev–Trinajstić information content (AvgIpc) is 3.15. The van der Waals surface area contributed by atoms with E-state index in [1.165, 1.54) is 11.6 Å². The molecule has 11 heteroatoms. The van der Waals surface area contributed by atoms with Crippen molar-refractivity contribution in [1.29, 1.82) is 0 Å². The number of benzene rings is 2. The lowest BCUT2D eigenvalue weighted by Crippen LogP contribution is -2.32. The molecule has 0 bridgehead atoms. The number of aryl methyl sites for hydroxylation is 1. The van der Waals surface area contributed by atoms with Crippen LogP contribution in [0.1, 0.15) is 33.6 Å². The fraction of sp³-hybridized carbons (Fsp3) is 0.344. The SMILES string of the molecule is O=C(NCc1cc2nc(N3CCCc4ccc(OCC5COC5)cc43)ccc2cn1)c1ccc2c(c1)S(=O)(=O)CCOC2. The van der Waals surface area contributed by atoms with Gasteiger partial charge in [0.2, 0.25) is 0 Å². The van der Waals surface area contributed by atoms with Crippen LogP contribution in [0.3, 0.4) is 0 Å². The molecule has 3 aliphatic heterocycles. The van der Waals surface area contributed by atoms with Crippen LogP contribution in [-0.2, 0) is 38.9 Å². The van der Waals surface area contributed by atoms with E-state index in [1.54, 1.807) is 18.3 Å². The average molecular weight is 601 g/mol. The van der Waals surface area contributed by atoms with Crippen LogP contribution in [0.2, 0.25) is 0 Å². The number of nitrogens with one attached hydrogen (secondary N) is 1. The Kier molecular flexibility index (Phi) is 7.46. The zero-order valence-corrected chi connectivity index (χ0v) is 24.4. The summed E-state index contributed by atoms with van der Waals surface area (Å²) in [4.78, 5) is 24.8. The van der Waals surface area contributed by atoms with Crippen molar-refractivity contribution >= 4 is 38.2 Å². The van der Waals surface area contributed by atoms with Crippen molar-refractivity contribution in [2.24, 2.45) is 5.92 Å². The van der Waals surface area contributed by atoms with Crippen LogP contribution in [-0.4, -0.2) is 63.0 Å². The number of amides is 1. The van der Waals surface area contributed by atoms with E-state index in [4.69, 9.17) is 19.2 Å². The molecule has 1 fully saturated rings. The van der Waals surface area contributed by atoms with E-state index in [-0.39, 0.29) is 41.9 Å². The Morgan fingerprint density at radius 1 is 1.05 bits per heavy atom. The molecule has 0 spiro atoms. The smallest absolute Gasteiger partial charge is 0.251 e. The van der Waals surface area contributed by atoms with Crippen molar-refractivity contribution in [1.82, 2.24) is 15.3 Å². The summed E-state index contributed by atoms with van der Waals surface area (Å²) in [5, 5.41) is 3.76. The Labute approximate surface area is 249 Å². The third-order valence-corrected chi connectivity index (χ3v) is 9.86. The number of carbonyl (C=O) groups is 1. The lowest BCUT2D eigenvalue weighted by Gasteiger charge is -2.31. The molecule has 1 amide bonds. The van der Waals surface area contributed by atoms with E-state index in [0.717, 1.165) is 60.8 Å². The molecule has 0 unspecified atom stereocenters. The zero-order valence-electron chi connectivity index (χ0n) is 23.6. The standard InChI is InChI=1S/C32H32N4O6S/c37-32(23-3-4-25-20-40-10-11-43(38,39)30(25)12-23)34-16-26-13-28-24(15-33-26)6-8-31(35-28)36-9-1-2-22-5-7-27(14-29(22)36)42-19-21-17-41-18-21/h3-8,12-15,21H,1-2,9-11,16-20H2,(H,34,37). The molecule has 0 atom stereocenters. The summed E-state index contributed by atoms with van der Waals surface area (Å²) < 4.78 is 42.0. The molecular weight excluding hydrogens is 568 g/mol. The Morgan fingerprint density at radius 3 is 2.79 bits per heavy atom. The van der Waals surface area contributed by atoms with Gasteiger partial charge in [-0.15, -0.1) is 0 Å². The number of pyridine rings is 2. The van der Waals surface area contributed by atoms with Gasteiger partial charge in [-0.25, -0.2) is 13.4 Å². The van der Waals surface area contributed by atoms with E-state index in [9.17, 15) is 13.2 Å². The fourth-order valence-corrected chi connectivity index (χ4v) is 7.00. The highest BCUT2D eigenvalue weighted by Crippen LogP contribution is 2.36. The Hall–Kier alpha value is -4.06. The van der Waals surface area contributed by atoms with Crippen LogP contribution in [0.25, 0.3) is 10.9 Å². The van der Waals surface area contributed by atoms with Gasteiger partial charge >= 0.3 is 0 Å². The van der Waals surface area contributed by atoms with Crippen molar-refractivity contribution in [3.63, 3.8) is 0 Å². The van der Waals surface area contributed by atoms with Gasteiger partial charge in [0.05, 0.1) is 61.4 Å². The Bertz CT molecular complexity index is 1810. The highest BCUT2D eigenvalue weighted by atomic mass is 32.2. The Balaban J connectivity index is 1.08. The monoisotopic (exact) mass is 600 g/mol. The zero-order chi connectivity index (χ0) is 29.4. The van der Waals surface area contributed by atoms with E-state index in [0.29, 0.717) is 23.8 Å². The van der Waals surface area contributed by atoms with Crippen LogP contribution < -0.4 is 15.0 Å². The number of fused-ring (bicyclic) bond motifs is 3. The molecule has 2 aromatic heterocycles. The molecule has 5 heterocycles. The van der Waals surface area contributed by atoms with Gasteiger partial charge in [-0.3, -0.25) is 9.78 Å². The first-order valence-corrected chi connectivity index (χ1v) is 16.2. The number of nitrogens with zero attached hydrogens (tertiary/aromatic N) is 3. The number of ether oxygens (including phenoxy) is 3. The van der Waals surface area contributed by atoms with Gasteiger partial charge in [-0.05, 0) is 60.4 Å². The van der Waals surface area contributed by atoms with Gasteiger partial charge in [0.1, 0.15) is 11.6 Å². The van der Waals surface area contributed by atoms with Crippen molar-refractivity contribution in [2.75, 3.05) is 43.6 Å². The van der Waals surface area contributed by atoms with Crippen LogP contribution >= 0.6 is 0 Å². The third-order valence-electron chi connectivity index (χ3n) is 8.11. The number of rotatable bonds is 7. The predicted octanol–water partition coefficient (Wildman–Crippen LogP) is 3.97. The Morgan fingerprint density at radius 2 is 1.93 bits per heavy atom. The minimum atomic E-state index is -3.51. The third kappa shape index (κ3) is 5.80. The van der Waals surface area contributed by atoms with Crippen molar-refractivity contribution in [3.05, 3.63) is 83.2 Å². The van der Waals surface area contributed by atoms with E-state index >= 15 is 0 Å². The van der Waals surface area contributed by atoms with Gasteiger partial charge in [-0.1, -0.05) is 12.1 Å². The summed E-state index contributed by atoms with van der Waals surface area (Å²) in [5.74, 6) is 1.67. The van der Waals surface area contributed by atoms with Crippen molar-refractivity contribution < 1.29 is 27.4 Å². The lowest BCUT2D eigenvalue weighted by atomic mass is 10.0. The summed E-state index contributed by atoms with van der Waals surface area (Å²) in [6, 6.07) is 16.9. The molecule has 1 N–H and O–H groups in total. The van der Waals surface area contributed by atoms with E-state index < -0.39 is 9.84 Å². The molecule has 43 heavy (non-hydrogen) atoms. The molecule has 0 aliphatic carbocycles. The number of hydrogen-bond donors (Lipinski definition) is 1. The highest BCUT2D eigenvalue weighted by molar-refractivity contribution is 7.91. The van der Waals surface area contributed by atoms with Gasteiger partial charge < -0.3 is 24.4 Å². The largest absolute Gasteiger partial charge is 0.493 e. The normalized spacial score (nSPS) is 17.8. The molecule has 7 rings (SSSR count). The summed E-state index contributed by atoms with van der Waals surface area (Å²) in [7, 11) is -3.51. The number of hydrogen-bond acceptors (Lipinski definition) is 9. The van der Waals surface area contributed by atoms with Crippen LogP contribution in [0.4, 0.5) is 11.5 Å². The molecule has 3 aliphatic rings. The van der Waals surface area contributed by atoms with Gasteiger partial charge in [0.15, 0.2) is 9.84 Å². The van der Waals surface area contributed by atoms with Crippen LogP contribution in [0, 0.1) is 5.92 Å². The molecule has 2 aromatic carbocycles. The molecule has 0 radical (unpaired) electrons. The molecule has 1 saturated heterocycles. The second-order valence-electron chi connectivity index (χ2n) is 11.2. The number of sulfone groups is 1. The minimum Gasteiger partial charge on any atom is -0.493 e. The summed E-state index contributed by atoms with van der Waals surface area (Å²) in [6.45, 7) is 3.53. The molecule has 10 nitrogen and oxygen atoms in total. The van der Waals surface area contributed by atoms with Gasteiger partial charge in [-0.2, -0.15) is 0 Å². The van der Waals surface area contributed by atoms with Crippen molar-refractivity contribution in [3.8, 4) is 5.75 Å². The van der Waals surface area contributed by atoms with Crippen molar-refractivity contribution in [2.45, 2.75) is 30.9 Å². The fourth-order valence-electron chi connectivity index (χ4n) is 5.61. The first-order valence-electron chi connectivity index (χ1n) is 14.5. The summed E-state index contributed by atoms with van der Waals surface area (Å²) in [5.41, 5.74) is 4.64. The number of carbonyl (C=O) groups excluding carboxylic acids is 1. The van der Waals surface area contributed by atoms with E-state index in [1.807, 2.05) is 24.3 Å². The molecule has 4 aromatic rings. The maximum absolute atomic E-state index is 13.0. The number of aromatic nitrogens is 2. The number of anilines is 2. The molecule has 0 saturated carbocycles. The quantitative estimate of drug-likeness (QED) is 0.336. The minimum absolute atomic E-state index is 0.102. The molecule has 222 valence electrons. The second-order valence-corrected chi connectivity index (χ2v) is 13.3. The predicted molar refractivity (Wildman–Crippen MR) is 160 cm³/mol. The maximum atomic E-state index is 13.0. The van der Waals surface area contributed by atoms with E-state index in [2.05, 4.69) is 27.3 Å². The first kappa shape index (κ1) is 27.8. The second kappa shape index (κ2) is 11.6. The van der Waals surface area contributed by atoms with Gasteiger partial charge in [0, 0.05) is 41.4 Å². The highest BCUT2D eigenvalue weighted by Gasteiger charge is 2.25. The first-order chi connectivity index (χ1) is 20.9. The topological polar surface area (TPSA) is 120 Å². The maximum Gasteiger partial charge on any atom is 0.251 e. The summed E-state index contributed by atoms with van der Waals surface area (Å²) >= 11 is 0. The molecular formula is C32H32N4O6S. The van der Waals surface area contributed by atoms with Crippen LogP contribution in [0.15, 0.2) is 65.7 Å². The van der Waals surface area contributed by atoms with Gasteiger partial charge in [0.25, 0.3) is 5.91 Å². The summed E-state index contributed by atoms with van der Waals surface area (Å²) in [6.07, 6.45) is 3.79.